The van der Waals surface area contributed by atoms with Crippen molar-refractivity contribution in [2.24, 2.45) is 0 Å². The summed E-state index contributed by atoms with van der Waals surface area (Å²) in [7, 11) is -0.595. The van der Waals surface area contributed by atoms with E-state index in [1.165, 1.54) is 18.5 Å². The normalized spacial score (nSPS) is 11.4. The van der Waals surface area contributed by atoms with E-state index in [4.69, 9.17) is 32.7 Å². The minimum Gasteiger partial charge on any atom is -0.497 e. The quantitative estimate of drug-likeness (QED) is 0.557. The van der Waals surface area contributed by atoms with Gasteiger partial charge in [-0.3, -0.25) is 4.79 Å². The Kier molecular flexibility index (Phi) is 9.34. The second-order valence-corrected chi connectivity index (χ2v) is 7.79. The van der Waals surface area contributed by atoms with Gasteiger partial charge in [-0.2, -0.15) is 4.31 Å². The van der Waals surface area contributed by atoms with Gasteiger partial charge >= 0.3 is 0 Å². The zero-order chi connectivity index (χ0) is 18.9. The van der Waals surface area contributed by atoms with Crippen LogP contribution in [0.5, 0.6) is 11.5 Å². The number of rotatable bonds is 11. The molecule has 0 aliphatic rings. The van der Waals surface area contributed by atoms with Crippen molar-refractivity contribution in [3.63, 3.8) is 0 Å². The predicted molar refractivity (Wildman–Crippen MR) is 98.7 cm³/mol. The fraction of sp³-hybridized carbons (Fsp3) is 0.533. The van der Waals surface area contributed by atoms with Crippen molar-refractivity contribution < 1.29 is 22.7 Å². The first-order chi connectivity index (χ1) is 11.9. The Labute approximate surface area is 158 Å². The topological polar surface area (TPSA) is 84.9 Å². The molecule has 0 fully saturated rings. The van der Waals surface area contributed by atoms with Crippen LogP contribution in [0.2, 0.25) is 0 Å². The molecule has 0 radical (unpaired) electrons. The van der Waals surface area contributed by atoms with Crippen LogP contribution in [0.4, 0.5) is 0 Å². The lowest BCUT2D eigenvalue weighted by Gasteiger charge is -2.20. The molecule has 0 saturated carbocycles. The van der Waals surface area contributed by atoms with Crippen molar-refractivity contribution >= 4 is 39.1 Å². The summed E-state index contributed by atoms with van der Waals surface area (Å²) >= 11 is 11.2. The summed E-state index contributed by atoms with van der Waals surface area (Å²) in [5.41, 5.74) is 0.312. The lowest BCUT2D eigenvalue weighted by molar-refractivity contribution is 0.0955. The first kappa shape index (κ1) is 21.8. The highest BCUT2D eigenvalue weighted by Gasteiger charge is 2.21. The maximum absolute atomic E-state index is 12.2. The molecule has 1 aromatic carbocycles. The average molecular weight is 413 g/mol. The molecule has 1 rings (SSSR count). The van der Waals surface area contributed by atoms with Crippen LogP contribution < -0.4 is 14.8 Å². The standard InChI is InChI=1S/C15H22Cl2N2O5S/c1-23-13-9-12(10-14(11-13)24-2)15(20)18-5-8-25(21,22)19(6-3-16)7-4-17/h9-11H,3-8H2,1-2H3,(H,18,20). The summed E-state index contributed by atoms with van der Waals surface area (Å²) in [6.07, 6.45) is 0. The van der Waals surface area contributed by atoms with Crippen LogP contribution in [-0.2, 0) is 10.0 Å². The van der Waals surface area contributed by atoms with Gasteiger partial charge < -0.3 is 14.8 Å². The fourth-order valence-electron chi connectivity index (χ4n) is 2.04. The molecule has 0 unspecified atom stereocenters. The smallest absolute Gasteiger partial charge is 0.251 e. The summed E-state index contributed by atoms with van der Waals surface area (Å²) in [5, 5.41) is 2.57. The van der Waals surface area contributed by atoms with E-state index in [1.54, 1.807) is 18.2 Å². The molecule has 25 heavy (non-hydrogen) atoms. The Morgan fingerprint density at radius 2 is 1.60 bits per heavy atom. The van der Waals surface area contributed by atoms with E-state index in [2.05, 4.69) is 5.32 Å². The number of amides is 1. The number of ether oxygens (including phenoxy) is 2. The third kappa shape index (κ3) is 6.89. The molecule has 0 saturated heterocycles. The third-order valence-corrected chi connectivity index (χ3v) is 5.53. The van der Waals surface area contributed by atoms with Crippen molar-refractivity contribution in [1.29, 1.82) is 0 Å². The lowest BCUT2D eigenvalue weighted by Crippen LogP contribution is -2.39. The highest BCUT2D eigenvalue weighted by Crippen LogP contribution is 2.22. The maximum Gasteiger partial charge on any atom is 0.251 e. The van der Waals surface area contributed by atoms with Gasteiger partial charge in [-0.05, 0) is 12.1 Å². The van der Waals surface area contributed by atoms with Crippen molar-refractivity contribution in [1.82, 2.24) is 9.62 Å². The van der Waals surface area contributed by atoms with Crippen molar-refractivity contribution in [3.05, 3.63) is 23.8 Å². The molecule has 0 aromatic heterocycles. The van der Waals surface area contributed by atoms with Gasteiger partial charge in [-0.15, -0.1) is 23.2 Å². The zero-order valence-electron chi connectivity index (χ0n) is 14.1. The molecule has 1 amide bonds. The molecule has 1 aromatic rings. The van der Waals surface area contributed by atoms with Crippen molar-refractivity contribution in [3.8, 4) is 11.5 Å². The van der Waals surface area contributed by atoms with Crippen LogP contribution in [0, 0.1) is 0 Å². The first-order valence-corrected chi connectivity index (χ1v) is 10.2. The van der Waals surface area contributed by atoms with E-state index < -0.39 is 15.9 Å². The average Bonchev–Trinajstić information content (AvgIpc) is 2.60. The van der Waals surface area contributed by atoms with Crippen LogP contribution in [0.25, 0.3) is 0 Å². The van der Waals surface area contributed by atoms with Crippen molar-refractivity contribution in [2.75, 3.05) is 51.4 Å². The van der Waals surface area contributed by atoms with Crippen LogP contribution >= 0.6 is 23.2 Å². The number of carbonyl (C=O) groups excluding carboxylic acids is 1. The number of carbonyl (C=O) groups is 1. The molecule has 0 heterocycles. The van der Waals surface area contributed by atoms with E-state index in [0.717, 1.165) is 0 Å². The van der Waals surface area contributed by atoms with Gasteiger partial charge in [0.2, 0.25) is 10.0 Å². The number of halogens is 2. The van der Waals surface area contributed by atoms with Crippen LogP contribution in [-0.4, -0.2) is 70.0 Å². The van der Waals surface area contributed by atoms with E-state index >= 15 is 0 Å². The molecule has 0 aliphatic heterocycles. The number of benzene rings is 1. The summed E-state index contributed by atoms with van der Waals surface area (Å²) in [4.78, 5) is 12.2. The molecule has 0 aliphatic carbocycles. The summed E-state index contributed by atoms with van der Waals surface area (Å²) in [5.74, 6) is 0.611. The van der Waals surface area contributed by atoms with Gasteiger partial charge in [0.05, 0.1) is 20.0 Å². The van der Waals surface area contributed by atoms with Gasteiger partial charge in [0.1, 0.15) is 11.5 Å². The highest BCUT2D eigenvalue weighted by atomic mass is 35.5. The number of methoxy groups -OCH3 is 2. The van der Waals surface area contributed by atoms with Gasteiger partial charge in [0.25, 0.3) is 5.91 Å². The second kappa shape index (κ2) is 10.7. The van der Waals surface area contributed by atoms with Crippen LogP contribution in [0.1, 0.15) is 10.4 Å². The predicted octanol–water partition coefficient (Wildman–Crippen LogP) is 1.54. The molecule has 0 spiro atoms. The Hall–Kier alpha value is -1.22. The lowest BCUT2D eigenvalue weighted by atomic mass is 10.2. The Morgan fingerprint density at radius 3 is 2.04 bits per heavy atom. The van der Waals surface area contributed by atoms with E-state index in [9.17, 15) is 13.2 Å². The Balaban J connectivity index is 2.70. The van der Waals surface area contributed by atoms with Crippen LogP contribution in [0.3, 0.4) is 0 Å². The van der Waals surface area contributed by atoms with Gasteiger partial charge in [0, 0.05) is 43.0 Å². The van der Waals surface area contributed by atoms with Gasteiger partial charge in [-0.1, -0.05) is 0 Å². The monoisotopic (exact) mass is 412 g/mol. The summed E-state index contributed by atoms with van der Waals surface area (Å²) in [6.45, 7) is 0.317. The number of alkyl halides is 2. The fourth-order valence-corrected chi connectivity index (χ4v) is 4.01. The summed E-state index contributed by atoms with van der Waals surface area (Å²) in [6, 6.07) is 4.72. The third-order valence-electron chi connectivity index (χ3n) is 3.32. The molecule has 7 nitrogen and oxygen atoms in total. The number of nitrogens with one attached hydrogen (secondary N) is 1. The van der Waals surface area contributed by atoms with Crippen molar-refractivity contribution in [2.45, 2.75) is 0 Å². The number of hydrogen-bond acceptors (Lipinski definition) is 5. The molecule has 10 heteroatoms. The molecular weight excluding hydrogens is 391 g/mol. The molecule has 1 N–H and O–H groups in total. The molecular formula is C15H22Cl2N2O5S. The minimum absolute atomic E-state index is 0.0399. The molecule has 142 valence electrons. The van der Waals surface area contributed by atoms with Crippen LogP contribution in [0.15, 0.2) is 18.2 Å². The number of sulfonamides is 1. The summed E-state index contributed by atoms with van der Waals surface area (Å²) < 4.78 is 35.9. The molecule has 0 bridgehead atoms. The zero-order valence-corrected chi connectivity index (χ0v) is 16.5. The van der Waals surface area contributed by atoms with E-state index in [-0.39, 0.29) is 37.1 Å². The molecule has 0 atom stereocenters. The minimum atomic E-state index is -3.55. The van der Waals surface area contributed by atoms with Gasteiger partial charge in [-0.25, -0.2) is 8.42 Å². The van der Waals surface area contributed by atoms with E-state index in [0.29, 0.717) is 17.1 Å². The highest BCUT2D eigenvalue weighted by molar-refractivity contribution is 7.89. The number of hydrogen-bond donors (Lipinski definition) is 1. The largest absolute Gasteiger partial charge is 0.497 e. The maximum atomic E-state index is 12.2. The first-order valence-electron chi connectivity index (χ1n) is 7.49. The Morgan fingerprint density at radius 1 is 1.08 bits per heavy atom. The van der Waals surface area contributed by atoms with E-state index in [1.807, 2.05) is 0 Å². The number of nitrogens with zero attached hydrogens (tertiary/aromatic N) is 1. The SMILES string of the molecule is COc1cc(OC)cc(C(=O)NCCS(=O)(=O)N(CCCl)CCCl)c1. The Bertz CT molecular complexity index is 642. The van der Waals surface area contributed by atoms with Gasteiger partial charge in [0.15, 0.2) is 0 Å². The second-order valence-electron chi connectivity index (χ2n) is 4.95.